The molecule has 0 unspecified atom stereocenters. The van der Waals surface area contributed by atoms with E-state index in [4.69, 9.17) is 11.1 Å². The minimum Gasteiger partial charge on any atom is -0.383 e. The Morgan fingerprint density at radius 2 is 1.80 bits per heavy atom. The summed E-state index contributed by atoms with van der Waals surface area (Å²) in [6, 6.07) is 12.0. The van der Waals surface area contributed by atoms with Crippen LogP contribution in [0.1, 0.15) is 4.88 Å². The average Bonchev–Trinajstić information content (AvgIpc) is 2.67. The predicted molar refractivity (Wildman–Crippen MR) is 68.0 cm³/mol. The molecule has 15 heavy (non-hydrogen) atoms. The van der Waals surface area contributed by atoms with Gasteiger partial charge in [-0.1, -0.05) is 30.3 Å². The van der Waals surface area contributed by atoms with Crippen LogP contribution in [0.15, 0.2) is 41.8 Å². The Morgan fingerprint density at radius 3 is 2.40 bits per heavy atom. The van der Waals surface area contributed by atoms with Crippen molar-refractivity contribution in [1.82, 2.24) is 0 Å². The number of nitrogen functional groups attached to an aromatic ring is 1. The summed E-state index contributed by atoms with van der Waals surface area (Å²) in [5, 5.41) is 9.39. The van der Waals surface area contributed by atoms with Crippen molar-refractivity contribution in [2.45, 2.75) is 0 Å². The molecule has 0 aliphatic heterocycles. The highest BCUT2D eigenvalue weighted by Crippen LogP contribution is 2.27. The van der Waals surface area contributed by atoms with E-state index in [2.05, 4.69) is 0 Å². The van der Waals surface area contributed by atoms with E-state index in [1.807, 2.05) is 41.8 Å². The highest BCUT2D eigenvalue weighted by atomic mass is 35.5. The number of nitrogens with one attached hydrogen (secondary N) is 1. The lowest BCUT2D eigenvalue weighted by atomic mass is 10.1. The molecule has 0 atom stereocenters. The van der Waals surface area contributed by atoms with Crippen molar-refractivity contribution in [1.29, 1.82) is 5.41 Å². The quantitative estimate of drug-likeness (QED) is 0.613. The summed E-state index contributed by atoms with van der Waals surface area (Å²) in [5.41, 5.74) is 7.64. The maximum absolute atomic E-state index is 7.43. The smallest absolute Gasteiger partial charge is 0.133 e. The summed E-state index contributed by atoms with van der Waals surface area (Å²) < 4.78 is 0. The van der Waals surface area contributed by atoms with Crippen molar-refractivity contribution in [2.24, 2.45) is 5.73 Å². The minimum atomic E-state index is 0. The lowest BCUT2D eigenvalue weighted by Crippen LogP contribution is -2.09. The Kier molecular flexibility index (Phi) is 3.88. The van der Waals surface area contributed by atoms with E-state index in [0.717, 1.165) is 16.0 Å². The van der Waals surface area contributed by atoms with E-state index in [1.54, 1.807) is 0 Å². The van der Waals surface area contributed by atoms with Crippen LogP contribution in [0.3, 0.4) is 0 Å². The normalized spacial score (nSPS) is 9.33. The first-order chi connectivity index (χ1) is 6.79. The van der Waals surface area contributed by atoms with E-state index >= 15 is 0 Å². The molecule has 4 heteroatoms. The molecule has 0 aliphatic rings. The molecule has 78 valence electrons. The Hall–Kier alpha value is -1.32. The number of rotatable bonds is 2. The van der Waals surface area contributed by atoms with Gasteiger partial charge in [0, 0.05) is 5.56 Å². The van der Waals surface area contributed by atoms with Gasteiger partial charge in [0.2, 0.25) is 0 Å². The van der Waals surface area contributed by atoms with Crippen LogP contribution in [0, 0.1) is 5.41 Å². The number of hydrogen-bond acceptors (Lipinski definition) is 2. The fourth-order valence-electron chi connectivity index (χ4n) is 1.36. The van der Waals surface area contributed by atoms with Gasteiger partial charge in [-0.15, -0.1) is 23.7 Å². The number of amidine groups is 1. The molecule has 3 N–H and O–H groups in total. The highest BCUT2D eigenvalue weighted by Gasteiger charge is 2.07. The van der Waals surface area contributed by atoms with Crippen molar-refractivity contribution < 1.29 is 0 Å². The van der Waals surface area contributed by atoms with Crippen molar-refractivity contribution in [3.05, 3.63) is 46.7 Å². The second kappa shape index (κ2) is 4.96. The molecular weight excluding hydrogens is 228 g/mol. The number of halogens is 1. The molecule has 1 heterocycles. The zero-order valence-electron chi connectivity index (χ0n) is 7.94. The number of thiophene rings is 1. The molecule has 0 bridgehead atoms. The molecule has 2 aromatic rings. The number of benzene rings is 1. The van der Waals surface area contributed by atoms with Crippen molar-refractivity contribution in [3.8, 4) is 11.1 Å². The van der Waals surface area contributed by atoms with Gasteiger partial charge in [0.25, 0.3) is 0 Å². The van der Waals surface area contributed by atoms with Gasteiger partial charge in [0.15, 0.2) is 0 Å². The van der Waals surface area contributed by atoms with Crippen molar-refractivity contribution in [2.75, 3.05) is 0 Å². The summed E-state index contributed by atoms with van der Waals surface area (Å²) in [5.74, 6) is 0.138. The zero-order chi connectivity index (χ0) is 9.97. The lowest BCUT2D eigenvalue weighted by molar-refractivity contribution is 1.45. The first-order valence-electron chi connectivity index (χ1n) is 4.26. The topological polar surface area (TPSA) is 49.9 Å². The molecule has 0 amide bonds. The van der Waals surface area contributed by atoms with Crippen LogP contribution in [0.2, 0.25) is 0 Å². The average molecular weight is 239 g/mol. The first-order valence-corrected chi connectivity index (χ1v) is 5.14. The molecule has 0 saturated heterocycles. The van der Waals surface area contributed by atoms with E-state index in [9.17, 15) is 0 Å². The third kappa shape index (κ3) is 2.37. The van der Waals surface area contributed by atoms with Crippen LogP contribution in [0.25, 0.3) is 11.1 Å². The van der Waals surface area contributed by atoms with Gasteiger partial charge < -0.3 is 5.73 Å². The summed E-state index contributed by atoms with van der Waals surface area (Å²) >= 11 is 1.50. The molecular formula is C11H11ClN2S. The number of hydrogen-bond donors (Lipinski definition) is 2. The second-order valence-electron chi connectivity index (χ2n) is 2.94. The van der Waals surface area contributed by atoms with Crippen LogP contribution >= 0.6 is 23.7 Å². The van der Waals surface area contributed by atoms with Crippen molar-refractivity contribution in [3.63, 3.8) is 0 Å². The maximum Gasteiger partial charge on any atom is 0.133 e. The Labute approximate surface area is 98.7 Å². The molecule has 0 aliphatic carbocycles. The van der Waals surface area contributed by atoms with Gasteiger partial charge in [-0.3, -0.25) is 5.41 Å². The summed E-state index contributed by atoms with van der Waals surface area (Å²) in [4.78, 5) is 0.844. The third-order valence-electron chi connectivity index (χ3n) is 1.99. The predicted octanol–water partition coefficient (Wildman–Crippen LogP) is 3.12. The minimum absolute atomic E-state index is 0. The van der Waals surface area contributed by atoms with Gasteiger partial charge in [-0.2, -0.15) is 0 Å². The summed E-state index contributed by atoms with van der Waals surface area (Å²) in [6.07, 6.45) is 0. The van der Waals surface area contributed by atoms with Gasteiger partial charge in [0.1, 0.15) is 5.84 Å². The molecule has 2 rings (SSSR count). The lowest BCUT2D eigenvalue weighted by Gasteiger charge is -2.01. The van der Waals surface area contributed by atoms with E-state index in [0.29, 0.717) is 0 Å². The Morgan fingerprint density at radius 1 is 1.13 bits per heavy atom. The number of nitrogens with two attached hydrogens (primary N) is 1. The van der Waals surface area contributed by atoms with E-state index in [-0.39, 0.29) is 18.2 Å². The van der Waals surface area contributed by atoms with Crippen LogP contribution in [-0.4, -0.2) is 5.84 Å². The molecule has 0 fully saturated rings. The van der Waals surface area contributed by atoms with Crippen molar-refractivity contribution >= 4 is 29.6 Å². The third-order valence-corrected chi connectivity index (χ3v) is 2.94. The van der Waals surface area contributed by atoms with Crippen LogP contribution in [0.4, 0.5) is 0 Å². The zero-order valence-corrected chi connectivity index (χ0v) is 9.57. The fourth-order valence-corrected chi connectivity index (χ4v) is 2.14. The molecule has 0 spiro atoms. The standard InChI is InChI=1S/C11H10N2S.ClH/c12-11(13)10-9(6-7-14-10)8-4-2-1-3-5-8;/h1-7H,(H3,12,13);1H. The van der Waals surface area contributed by atoms with Gasteiger partial charge in [-0.05, 0) is 17.0 Å². The summed E-state index contributed by atoms with van der Waals surface area (Å²) in [7, 11) is 0. The van der Waals surface area contributed by atoms with Gasteiger partial charge in [-0.25, -0.2) is 0 Å². The largest absolute Gasteiger partial charge is 0.383 e. The van der Waals surface area contributed by atoms with E-state index in [1.165, 1.54) is 11.3 Å². The summed E-state index contributed by atoms with van der Waals surface area (Å²) in [6.45, 7) is 0. The molecule has 2 nitrogen and oxygen atoms in total. The highest BCUT2D eigenvalue weighted by molar-refractivity contribution is 7.12. The van der Waals surface area contributed by atoms with Crippen LogP contribution < -0.4 is 5.73 Å². The molecule has 0 saturated carbocycles. The van der Waals surface area contributed by atoms with Crippen LogP contribution in [-0.2, 0) is 0 Å². The molecule has 1 aromatic carbocycles. The van der Waals surface area contributed by atoms with E-state index < -0.39 is 0 Å². The van der Waals surface area contributed by atoms with Crippen LogP contribution in [0.5, 0.6) is 0 Å². The van der Waals surface area contributed by atoms with Gasteiger partial charge >= 0.3 is 0 Å². The fraction of sp³-hybridized carbons (Fsp3) is 0. The monoisotopic (exact) mass is 238 g/mol. The molecule has 0 radical (unpaired) electrons. The Bertz CT molecular complexity index is 451. The molecule has 1 aromatic heterocycles. The Balaban J connectivity index is 0.00000112. The first kappa shape index (κ1) is 11.8. The SMILES string of the molecule is Cl.N=C(N)c1sccc1-c1ccccc1. The van der Waals surface area contributed by atoms with Gasteiger partial charge in [0.05, 0.1) is 4.88 Å². The maximum atomic E-state index is 7.43. The second-order valence-corrected chi connectivity index (χ2v) is 3.86.